The Labute approximate surface area is 93.9 Å². The number of thiazole rings is 1. The second-order valence-electron chi connectivity index (χ2n) is 3.69. The standard InChI is InChI=1S/C10H17N3OS/c1-4-6(2)5-12-9(14)8-7(3)13-10(11)15-8/h6H,4-5H2,1-3H3,(H2,11,13)(H,12,14). The smallest absolute Gasteiger partial charge is 0.263 e. The summed E-state index contributed by atoms with van der Waals surface area (Å²) < 4.78 is 0. The van der Waals surface area contributed by atoms with E-state index in [2.05, 4.69) is 24.1 Å². The summed E-state index contributed by atoms with van der Waals surface area (Å²) in [4.78, 5) is 16.3. The van der Waals surface area contributed by atoms with Crippen LogP contribution in [0.5, 0.6) is 0 Å². The van der Waals surface area contributed by atoms with Crippen LogP contribution in [0, 0.1) is 12.8 Å². The van der Waals surface area contributed by atoms with Crippen molar-refractivity contribution in [3.8, 4) is 0 Å². The van der Waals surface area contributed by atoms with Crippen molar-refractivity contribution in [3.05, 3.63) is 10.6 Å². The Morgan fingerprint density at radius 2 is 2.33 bits per heavy atom. The van der Waals surface area contributed by atoms with Gasteiger partial charge >= 0.3 is 0 Å². The van der Waals surface area contributed by atoms with Gasteiger partial charge in [0.15, 0.2) is 5.13 Å². The number of aryl methyl sites for hydroxylation is 1. The lowest BCUT2D eigenvalue weighted by molar-refractivity contribution is 0.0951. The molecule has 84 valence electrons. The van der Waals surface area contributed by atoms with E-state index >= 15 is 0 Å². The molecule has 1 aromatic rings. The van der Waals surface area contributed by atoms with Gasteiger partial charge in [0, 0.05) is 6.54 Å². The van der Waals surface area contributed by atoms with Crippen LogP contribution >= 0.6 is 11.3 Å². The van der Waals surface area contributed by atoms with Crippen molar-refractivity contribution in [1.29, 1.82) is 0 Å². The van der Waals surface area contributed by atoms with E-state index in [1.165, 1.54) is 11.3 Å². The Morgan fingerprint density at radius 1 is 1.67 bits per heavy atom. The quantitative estimate of drug-likeness (QED) is 0.824. The molecule has 0 radical (unpaired) electrons. The van der Waals surface area contributed by atoms with E-state index in [-0.39, 0.29) is 5.91 Å². The maximum absolute atomic E-state index is 11.7. The molecule has 1 heterocycles. The highest BCUT2D eigenvalue weighted by molar-refractivity contribution is 7.17. The largest absolute Gasteiger partial charge is 0.375 e. The topological polar surface area (TPSA) is 68.0 Å². The van der Waals surface area contributed by atoms with Crippen molar-refractivity contribution >= 4 is 22.4 Å². The van der Waals surface area contributed by atoms with Crippen molar-refractivity contribution in [2.24, 2.45) is 5.92 Å². The monoisotopic (exact) mass is 227 g/mol. The molecule has 0 saturated heterocycles. The summed E-state index contributed by atoms with van der Waals surface area (Å²) in [6, 6.07) is 0. The predicted octanol–water partition coefficient (Wildman–Crippen LogP) is 1.81. The van der Waals surface area contributed by atoms with Crippen LogP contribution in [0.3, 0.4) is 0 Å². The van der Waals surface area contributed by atoms with Gasteiger partial charge in [-0.3, -0.25) is 4.79 Å². The van der Waals surface area contributed by atoms with Gasteiger partial charge in [0.25, 0.3) is 5.91 Å². The fourth-order valence-electron chi connectivity index (χ4n) is 1.12. The maximum Gasteiger partial charge on any atom is 0.263 e. The summed E-state index contributed by atoms with van der Waals surface area (Å²) in [6.07, 6.45) is 1.06. The molecule has 1 unspecified atom stereocenters. The highest BCUT2D eigenvalue weighted by Gasteiger charge is 2.14. The normalized spacial score (nSPS) is 12.5. The molecule has 4 nitrogen and oxygen atoms in total. The highest BCUT2D eigenvalue weighted by Crippen LogP contribution is 2.19. The van der Waals surface area contributed by atoms with Crippen LogP contribution in [0.4, 0.5) is 5.13 Å². The molecule has 0 fully saturated rings. The third kappa shape index (κ3) is 3.20. The molecule has 0 aliphatic rings. The van der Waals surface area contributed by atoms with Crippen LogP contribution in [0.15, 0.2) is 0 Å². The summed E-state index contributed by atoms with van der Waals surface area (Å²) in [5.41, 5.74) is 6.23. The summed E-state index contributed by atoms with van der Waals surface area (Å²) in [7, 11) is 0. The molecule has 5 heteroatoms. The Bertz CT molecular complexity index is 348. The summed E-state index contributed by atoms with van der Waals surface area (Å²) >= 11 is 1.24. The van der Waals surface area contributed by atoms with Gasteiger partial charge in [-0.15, -0.1) is 0 Å². The van der Waals surface area contributed by atoms with Gasteiger partial charge in [-0.25, -0.2) is 4.98 Å². The fraction of sp³-hybridized carbons (Fsp3) is 0.600. The van der Waals surface area contributed by atoms with Crippen molar-refractivity contribution in [3.63, 3.8) is 0 Å². The number of nitrogens with one attached hydrogen (secondary N) is 1. The van der Waals surface area contributed by atoms with E-state index in [0.717, 1.165) is 6.42 Å². The van der Waals surface area contributed by atoms with Crippen LogP contribution in [0.2, 0.25) is 0 Å². The number of rotatable bonds is 4. The zero-order valence-electron chi connectivity index (χ0n) is 9.33. The van der Waals surface area contributed by atoms with Gasteiger partial charge in [-0.05, 0) is 12.8 Å². The van der Waals surface area contributed by atoms with Gasteiger partial charge in [-0.1, -0.05) is 31.6 Å². The number of carbonyl (C=O) groups is 1. The van der Waals surface area contributed by atoms with E-state index in [9.17, 15) is 4.79 Å². The SMILES string of the molecule is CCC(C)CNC(=O)c1sc(N)nc1C. The van der Waals surface area contributed by atoms with Crippen molar-refractivity contribution < 1.29 is 4.79 Å². The predicted molar refractivity (Wildman–Crippen MR) is 63.1 cm³/mol. The van der Waals surface area contributed by atoms with Gasteiger partial charge in [0.1, 0.15) is 4.88 Å². The number of hydrogen-bond acceptors (Lipinski definition) is 4. The zero-order chi connectivity index (χ0) is 11.4. The Hall–Kier alpha value is -1.10. The van der Waals surface area contributed by atoms with Crippen molar-refractivity contribution in [2.45, 2.75) is 27.2 Å². The Kier molecular flexibility index (Phi) is 4.08. The Morgan fingerprint density at radius 3 is 2.80 bits per heavy atom. The number of anilines is 1. The first-order valence-electron chi connectivity index (χ1n) is 5.05. The first-order valence-corrected chi connectivity index (χ1v) is 5.87. The molecular weight excluding hydrogens is 210 g/mol. The van der Waals surface area contributed by atoms with Crippen LogP contribution < -0.4 is 11.1 Å². The van der Waals surface area contributed by atoms with E-state index in [1.54, 1.807) is 6.92 Å². The fourth-order valence-corrected chi connectivity index (χ4v) is 1.87. The van der Waals surface area contributed by atoms with E-state index in [1.807, 2.05) is 0 Å². The van der Waals surface area contributed by atoms with E-state index < -0.39 is 0 Å². The van der Waals surface area contributed by atoms with E-state index in [0.29, 0.717) is 28.2 Å². The minimum Gasteiger partial charge on any atom is -0.375 e. The average molecular weight is 227 g/mol. The van der Waals surface area contributed by atoms with Crippen LogP contribution in [0.1, 0.15) is 35.6 Å². The molecular formula is C10H17N3OS. The van der Waals surface area contributed by atoms with E-state index in [4.69, 9.17) is 5.73 Å². The van der Waals surface area contributed by atoms with Gasteiger partial charge in [0.05, 0.1) is 5.69 Å². The molecule has 0 aromatic carbocycles. The van der Waals surface area contributed by atoms with Gasteiger partial charge < -0.3 is 11.1 Å². The molecule has 0 spiro atoms. The van der Waals surface area contributed by atoms with Crippen LogP contribution in [0.25, 0.3) is 0 Å². The summed E-state index contributed by atoms with van der Waals surface area (Å²) in [6.45, 7) is 6.71. The molecule has 1 amide bonds. The van der Waals surface area contributed by atoms with Crippen LogP contribution in [-0.2, 0) is 0 Å². The molecule has 0 aliphatic carbocycles. The summed E-state index contributed by atoms with van der Waals surface area (Å²) in [5.74, 6) is 0.432. The maximum atomic E-state index is 11.7. The number of amides is 1. The number of nitrogen functional groups attached to an aromatic ring is 1. The lowest BCUT2D eigenvalue weighted by Gasteiger charge is -2.09. The second-order valence-corrected chi connectivity index (χ2v) is 4.72. The minimum atomic E-state index is -0.0676. The number of nitrogens with zero attached hydrogens (tertiary/aromatic N) is 1. The third-order valence-corrected chi connectivity index (χ3v) is 3.31. The molecule has 0 bridgehead atoms. The first kappa shape index (κ1) is 12.0. The minimum absolute atomic E-state index is 0.0676. The number of carbonyl (C=O) groups excluding carboxylic acids is 1. The van der Waals surface area contributed by atoms with Crippen LogP contribution in [-0.4, -0.2) is 17.4 Å². The second kappa shape index (κ2) is 5.11. The van der Waals surface area contributed by atoms with Gasteiger partial charge in [0.2, 0.25) is 0 Å². The molecule has 1 aromatic heterocycles. The molecule has 1 atom stereocenters. The molecule has 1 rings (SSSR count). The first-order chi connectivity index (χ1) is 7.04. The summed E-state index contributed by atoms with van der Waals surface area (Å²) in [5, 5.41) is 3.33. The van der Waals surface area contributed by atoms with Crippen molar-refractivity contribution in [1.82, 2.24) is 10.3 Å². The van der Waals surface area contributed by atoms with Gasteiger partial charge in [-0.2, -0.15) is 0 Å². The number of hydrogen-bond donors (Lipinski definition) is 2. The molecule has 15 heavy (non-hydrogen) atoms. The lowest BCUT2D eigenvalue weighted by Crippen LogP contribution is -2.27. The highest BCUT2D eigenvalue weighted by atomic mass is 32.1. The zero-order valence-corrected chi connectivity index (χ0v) is 10.1. The molecule has 0 saturated carbocycles. The molecule has 3 N–H and O–H groups in total. The lowest BCUT2D eigenvalue weighted by atomic mass is 10.1. The Balaban J connectivity index is 2.58. The third-order valence-electron chi connectivity index (χ3n) is 2.33. The molecule has 0 aliphatic heterocycles. The average Bonchev–Trinajstić information content (AvgIpc) is 2.53. The number of nitrogens with two attached hydrogens (primary N) is 1. The van der Waals surface area contributed by atoms with Crippen molar-refractivity contribution in [2.75, 3.05) is 12.3 Å². The number of aromatic nitrogens is 1.